The van der Waals surface area contributed by atoms with Crippen LogP contribution in [0.5, 0.6) is 0 Å². The minimum absolute atomic E-state index is 0.299. The van der Waals surface area contributed by atoms with E-state index in [0.29, 0.717) is 17.0 Å². The standard InChI is InChI=1S/C27H21ClN2O/c28-22-13-11-21(12-14-22)26-23(15-19-7-3-1-4-8-19)25(31)16-24(27(26,17-29)18-30)20-9-5-2-6-10-20/h1-15,24-26,31H,16H2/b23-15-/t24-,25-,26+/m0/s1. The predicted octanol–water partition coefficient (Wildman–Crippen LogP) is 6.09. The summed E-state index contributed by atoms with van der Waals surface area (Å²) in [5.41, 5.74) is 1.87. The van der Waals surface area contributed by atoms with Gasteiger partial charge in [-0.3, -0.25) is 0 Å². The molecule has 0 unspecified atom stereocenters. The van der Waals surface area contributed by atoms with Gasteiger partial charge in [-0.25, -0.2) is 0 Å². The summed E-state index contributed by atoms with van der Waals surface area (Å²) in [5.74, 6) is -1.04. The maximum absolute atomic E-state index is 11.3. The topological polar surface area (TPSA) is 67.8 Å². The number of nitrogens with zero attached hydrogens (tertiary/aromatic N) is 2. The van der Waals surface area contributed by atoms with Gasteiger partial charge in [0.05, 0.1) is 18.2 Å². The number of hydrogen-bond acceptors (Lipinski definition) is 3. The van der Waals surface area contributed by atoms with Gasteiger partial charge in [-0.1, -0.05) is 90.5 Å². The van der Waals surface area contributed by atoms with Crippen LogP contribution in [-0.2, 0) is 0 Å². The Morgan fingerprint density at radius 3 is 2.00 bits per heavy atom. The molecule has 4 rings (SSSR count). The molecule has 0 aromatic heterocycles. The van der Waals surface area contributed by atoms with Crippen LogP contribution in [0.3, 0.4) is 0 Å². The smallest absolute Gasteiger partial charge is 0.161 e. The van der Waals surface area contributed by atoms with Crippen molar-refractivity contribution in [3.05, 3.63) is 112 Å². The van der Waals surface area contributed by atoms with Crippen LogP contribution in [0.1, 0.15) is 34.9 Å². The van der Waals surface area contributed by atoms with Crippen molar-refractivity contribution in [1.82, 2.24) is 0 Å². The van der Waals surface area contributed by atoms with Crippen molar-refractivity contribution >= 4 is 17.7 Å². The van der Waals surface area contributed by atoms with Crippen LogP contribution in [-0.4, -0.2) is 11.2 Å². The molecule has 0 bridgehead atoms. The van der Waals surface area contributed by atoms with Gasteiger partial charge in [0.25, 0.3) is 0 Å². The van der Waals surface area contributed by atoms with E-state index >= 15 is 0 Å². The van der Waals surface area contributed by atoms with Gasteiger partial charge >= 0.3 is 0 Å². The van der Waals surface area contributed by atoms with Gasteiger partial charge in [0, 0.05) is 16.9 Å². The Kier molecular flexibility index (Phi) is 5.92. The summed E-state index contributed by atoms with van der Waals surface area (Å²) in [6.07, 6.45) is 1.42. The predicted molar refractivity (Wildman–Crippen MR) is 122 cm³/mol. The van der Waals surface area contributed by atoms with Gasteiger partial charge < -0.3 is 5.11 Å². The number of halogens is 1. The van der Waals surface area contributed by atoms with Gasteiger partial charge in [0.2, 0.25) is 0 Å². The molecule has 0 heterocycles. The highest BCUT2D eigenvalue weighted by atomic mass is 35.5. The third-order valence-electron chi connectivity index (χ3n) is 6.09. The van der Waals surface area contributed by atoms with E-state index in [9.17, 15) is 15.6 Å². The number of benzene rings is 3. The van der Waals surface area contributed by atoms with Gasteiger partial charge in [-0.05, 0) is 40.8 Å². The van der Waals surface area contributed by atoms with E-state index in [1.54, 1.807) is 12.1 Å². The summed E-state index contributed by atoms with van der Waals surface area (Å²) in [7, 11) is 0. The lowest BCUT2D eigenvalue weighted by Crippen LogP contribution is -2.43. The van der Waals surface area contributed by atoms with E-state index in [1.807, 2.05) is 78.9 Å². The first-order valence-corrected chi connectivity index (χ1v) is 10.5. The molecule has 1 aliphatic carbocycles. The van der Waals surface area contributed by atoms with Crippen LogP contribution in [0.4, 0.5) is 0 Å². The normalized spacial score (nSPS) is 23.6. The first kappa shape index (κ1) is 20.9. The van der Waals surface area contributed by atoms with Crippen LogP contribution >= 0.6 is 11.6 Å². The summed E-state index contributed by atoms with van der Waals surface area (Å²) in [6.45, 7) is 0. The first-order valence-electron chi connectivity index (χ1n) is 10.2. The second-order valence-electron chi connectivity index (χ2n) is 7.85. The van der Waals surface area contributed by atoms with Crippen molar-refractivity contribution in [3.8, 4) is 12.1 Å². The fourth-order valence-corrected chi connectivity index (χ4v) is 4.75. The quantitative estimate of drug-likeness (QED) is 0.553. The van der Waals surface area contributed by atoms with E-state index in [2.05, 4.69) is 12.1 Å². The molecule has 152 valence electrons. The molecule has 31 heavy (non-hydrogen) atoms. The molecule has 1 aliphatic rings. The van der Waals surface area contributed by atoms with Crippen LogP contribution in [0, 0.1) is 28.1 Å². The largest absolute Gasteiger partial charge is 0.389 e. The third-order valence-corrected chi connectivity index (χ3v) is 6.34. The molecule has 3 aromatic carbocycles. The molecule has 3 nitrogen and oxygen atoms in total. The Hall–Kier alpha value is -3.37. The van der Waals surface area contributed by atoms with Crippen molar-refractivity contribution < 1.29 is 5.11 Å². The molecule has 3 atom stereocenters. The van der Waals surface area contributed by atoms with Gasteiger partial charge in [-0.2, -0.15) is 10.5 Å². The van der Waals surface area contributed by atoms with E-state index < -0.39 is 23.4 Å². The Bertz CT molecular complexity index is 1140. The second kappa shape index (κ2) is 8.78. The minimum Gasteiger partial charge on any atom is -0.389 e. The molecule has 4 heteroatoms. The summed E-state index contributed by atoms with van der Waals surface area (Å²) in [4.78, 5) is 0. The zero-order valence-electron chi connectivity index (χ0n) is 16.8. The lowest BCUT2D eigenvalue weighted by molar-refractivity contribution is 0.126. The van der Waals surface area contributed by atoms with Crippen LogP contribution in [0.2, 0.25) is 5.02 Å². The number of hydrogen-bond donors (Lipinski definition) is 1. The Balaban J connectivity index is 1.96. The Morgan fingerprint density at radius 1 is 0.839 bits per heavy atom. The van der Waals surface area contributed by atoms with Crippen LogP contribution in [0.15, 0.2) is 90.5 Å². The molecular weight excluding hydrogens is 404 g/mol. The summed E-state index contributed by atoms with van der Waals surface area (Å²) < 4.78 is 0. The molecule has 3 aromatic rings. The van der Waals surface area contributed by atoms with E-state index in [4.69, 9.17) is 11.6 Å². The fourth-order valence-electron chi connectivity index (χ4n) is 4.63. The zero-order chi connectivity index (χ0) is 21.8. The zero-order valence-corrected chi connectivity index (χ0v) is 17.6. The van der Waals surface area contributed by atoms with E-state index in [1.165, 1.54) is 0 Å². The monoisotopic (exact) mass is 424 g/mol. The summed E-state index contributed by atoms with van der Waals surface area (Å²) in [6, 6.07) is 31.2. The Labute approximate surface area is 187 Å². The van der Waals surface area contributed by atoms with Crippen molar-refractivity contribution in [2.75, 3.05) is 0 Å². The molecular formula is C27H21ClN2O. The van der Waals surface area contributed by atoms with Crippen LogP contribution in [0.25, 0.3) is 6.08 Å². The third kappa shape index (κ3) is 3.87. The molecule has 0 saturated heterocycles. The molecule has 0 aliphatic heterocycles. The van der Waals surface area contributed by atoms with E-state index in [0.717, 1.165) is 16.7 Å². The van der Waals surface area contributed by atoms with Crippen molar-refractivity contribution in [2.24, 2.45) is 5.41 Å². The van der Waals surface area contributed by atoms with E-state index in [-0.39, 0.29) is 0 Å². The summed E-state index contributed by atoms with van der Waals surface area (Å²) >= 11 is 6.11. The minimum atomic E-state index is -1.38. The van der Waals surface area contributed by atoms with Crippen molar-refractivity contribution in [3.63, 3.8) is 0 Å². The molecule has 1 fully saturated rings. The molecule has 0 amide bonds. The molecule has 1 N–H and O–H groups in total. The van der Waals surface area contributed by atoms with Crippen molar-refractivity contribution in [2.45, 2.75) is 24.4 Å². The van der Waals surface area contributed by atoms with Gasteiger partial charge in [-0.15, -0.1) is 0 Å². The van der Waals surface area contributed by atoms with Gasteiger partial charge in [0.1, 0.15) is 0 Å². The highest BCUT2D eigenvalue weighted by molar-refractivity contribution is 6.30. The number of aliphatic hydroxyl groups is 1. The first-order chi connectivity index (χ1) is 15.1. The molecule has 0 radical (unpaired) electrons. The number of aliphatic hydroxyl groups excluding tert-OH is 1. The van der Waals surface area contributed by atoms with Crippen LogP contribution < -0.4 is 0 Å². The second-order valence-corrected chi connectivity index (χ2v) is 8.28. The SMILES string of the molecule is N#CC1(C#N)[C@H](c2ccccc2)C[C@H](O)/C(=C/c2ccccc2)[C@H]1c1ccc(Cl)cc1. The Morgan fingerprint density at radius 2 is 1.42 bits per heavy atom. The number of rotatable bonds is 3. The average molecular weight is 425 g/mol. The molecule has 1 saturated carbocycles. The fraction of sp³-hybridized carbons (Fsp3) is 0.185. The maximum Gasteiger partial charge on any atom is 0.161 e. The highest BCUT2D eigenvalue weighted by Crippen LogP contribution is 2.57. The summed E-state index contributed by atoms with van der Waals surface area (Å²) in [5, 5.41) is 32.7. The average Bonchev–Trinajstić information content (AvgIpc) is 2.82. The van der Waals surface area contributed by atoms with Crippen molar-refractivity contribution in [1.29, 1.82) is 10.5 Å². The molecule has 0 spiro atoms. The lowest BCUT2D eigenvalue weighted by atomic mass is 9.55. The number of nitriles is 2. The maximum atomic E-state index is 11.3. The lowest BCUT2D eigenvalue weighted by Gasteiger charge is -2.44. The van der Waals surface area contributed by atoms with Gasteiger partial charge in [0.15, 0.2) is 5.41 Å². The highest BCUT2D eigenvalue weighted by Gasteiger charge is 2.54.